The number of aliphatic hydroxyl groups excluding tert-OH is 1. The van der Waals surface area contributed by atoms with Crippen molar-refractivity contribution in [3.05, 3.63) is 24.3 Å². The predicted octanol–water partition coefficient (Wildman–Crippen LogP) is 0.105. The lowest BCUT2D eigenvalue weighted by Crippen LogP contribution is -2.19. The van der Waals surface area contributed by atoms with Crippen LogP contribution in [0.5, 0.6) is 0 Å². The highest BCUT2D eigenvalue weighted by Crippen LogP contribution is 2.17. The first-order valence-corrected chi connectivity index (χ1v) is 3.89. The van der Waals surface area contributed by atoms with Gasteiger partial charge in [-0.3, -0.25) is 0 Å². The molecule has 0 radical (unpaired) electrons. The maximum atomic E-state index is 9.62. The number of rotatable bonds is 3. The molecule has 1 aromatic rings. The van der Waals surface area contributed by atoms with Crippen LogP contribution in [-0.4, -0.2) is 21.6 Å². The fraction of sp³-hybridized carbons (Fsp3) is 0.500. The zero-order chi connectivity index (χ0) is 8.97. The third-order valence-electron chi connectivity index (χ3n) is 1.82. The molecular formula is C8H13N3O. The third kappa shape index (κ3) is 1.99. The van der Waals surface area contributed by atoms with Gasteiger partial charge in [0.15, 0.2) is 0 Å². The van der Waals surface area contributed by atoms with Crippen molar-refractivity contribution in [2.45, 2.75) is 13.0 Å². The minimum absolute atomic E-state index is 0.0277. The first kappa shape index (κ1) is 9.09. The number of nitrogens with two attached hydrogens (primary N) is 1. The molecule has 3 N–H and O–H groups in total. The van der Waals surface area contributed by atoms with Crippen LogP contribution in [0.4, 0.5) is 0 Å². The lowest BCUT2D eigenvalue weighted by atomic mass is 10.0. The Bertz CT molecular complexity index is 227. The molecule has 0 aliphatic heterocycles. The summed E-state index contributed by atoms with van der Waals surface area (Å²) in [5.74, 6) is 0.0277. The summed E-state index contributed by atoms with van der Waals surface area (Å²) in [6.45, 7) is 2.33. The molecule has 2 atom stereocenters. The van der Waals surface area contributed by atoms with Gasteiger partial charge in [-0.05, 0) is 18.5 Å². The predicted molar refractivity (Wildman–Crippen MR) is 45.2 cm³/mol. The molecular weight excluding hydrogens is 154 g/mol. The Morgan fingerprint density at radius 2 is 2.42 bits per heavy atom. The van der Waals surface area contributed by atoms with Crippen molar-refractivity contribution in [2.24, 2.45) is 11.7 Å². The summed E-state index contributed by atoms with van der Waals surface area (Å²) in [4.78, 5) is 7.69. The smallest absolute Gasteiger partial charge is 0.115 e. The molecule has 0 amide bonds. The van der Waals surface area contributed by atoms with Crippen molar-refractivity contribution in [2.75, 3.05) is 6.54 Å². The van der Waals surface area contributed by atoms with Crippen molar-refractivity contribution in [3.63, 3.8) is 0 Å². The summed E-state index contributed by atoms with van der Waals surface area (Å²) in [6.07, 6.45) is 2.44. The van der Waals surface area contributed by atoms with Crippen molar-refractivity contribution in [1.29, 1.82) is 0 Å². The summed E-state index contributed by atoms with van der Waals surface area (Å²) in [7, 11) is 0. The average molecular weight is 167 g/mol. The Hall–Kier alpha value is -1.00. The number of nitrogens with zero attached hydrogens (tertiary/aromatic N) is 2. The number of hydrogen-bond donors (Lipinski definition) is 2. The second-order valence-corrected chi connectivity index (χ2v) is 2.79. The van der Waals surface area contributed by atoms with Crippen molar-refractivity contribution in [1.82, 2.24) is 9.97 Å². The maximum Gasteiger partial charge on any atom is 0.115 e. The van der Waals surface area contributed by atoms with Gasteiger partial charge in [0.1, 0.15) is 6.33 Å². The van der Waals surface area contributed by atoms with E-state index in [4.69, 9.17) is 5.73 Å². The standard InChI is InChI=1S/C8H13N3O/c1-6(4-9)8(12)7-2-3-10-5-11-7/h2-3,5-6,8,12H,4,9H2,1H3. The van der Waals surface area contributed by atoms with E-state index in [0.29, 0.717) is 12.2 Å². The largest absolute Gasteiger partial charge is 0.386 e. The van der Waals surface area contributed by atoms with Crippen LogP contribution in [0.15, 0.2) is 18.6 Å². The second-order valence-electron chi connectivity index (χ2n) is 2.79. The molecule has 4 heteroatoms. The Kier molecular flexibility index (Phi) is 3.13. The second kappa shape index (κ2) is 4.13. The van der Waals surface area contributed by atoms with E-state index in [-0.39, 0.29) is 5.92 Å². The quantitative estimate of drug-likeness (QED) is 0.670. The van der Waals surface area contributed by atoms with Gasteiger partial charge in [-0.25, -0.2) is 9.97 Å². The molecule has 0 saturated carbocycles. The molecule has 12 heavy (non-hydrogen) atoms. The van der Waals surface area contributed by atoms with Gasteiger partial charge in [-0.2, -0.15) is 0 Å². The van der Waals surface area contributed by atoms with E-state index < -0.39 is 6.10 Å². The van der Waals surface area contributed by atoms with Gasteiger partial charge in [-0.1, -0.05) is 6.92 Å². The summed E-state index contributed by atoms with van der Waals surface area (Å²) >= 11 is 0. The Balaban J connectivity index is 2.71. The van der Waals surface area contributed by atoms with Gasteiger partial charge in [0.05, 0.1) is 11.8 Å². The molecule has 0 fully saturated rings. The molecule has 0 aliphatic rings. The molecule has 0 spiro atoms. The molecule has 0 saturated heterocycles. The molecule has 1 heterocycles. The van der Waals surface area contributed by atoms with Crippen LogP contribution in [0.3, 0.4) is 0 Å². The molecule has 0 aliphatic carbocycles. The highest BCUT2D eigenvalue weighted by Gasteiger charge is 2.15. The van der Waals surface area contributed by atoms with E-state index in [2.05, 4.69) is 9.97 Å². The minimum atomic E-state index is -0.585. The number of aromatic nitrogens is 2. The van der Waals surface area contributed by atoms with E-state index >= 15 is 0 Å². The topological polar surface area (TPSA) is 72.0 Å². The van der Waals surface area contributed by atoms with Crippen LogP contribution in [0.25, 0.3) is 0 Å². The van der Waals surface area contributed by atoms with Gasteiger partial charge >= 0.3 is 0 Å². The Morgan fingerprint density at radius 3 is 2.92 bits per heavy atom. The van der Waals surface area contributed by atoms with Crippen molar-refractivity contribution < 1.29 is 5.11 Å². The first-order chi connectivity index (χ1) is 5.75. The number of aliphatic hydroxyl groups is 1. The van der Waals surface area contributed by atoms with E-state index in [1.54, 1.807) is 12.3 Å². The molecule has 0 bridgehead atoms. The average Bonchev–Trinajstić information content (AvgIpc) is 2.17. The molecule has 4 nitrogen and oxygen atoms in total. The summed E-state index contributed by atoms with van der Waals surface area (Å²) < 4.78 is 0. The summed E-state index contributed by atoms with van der Waals surface area (Å²) in [6, 6.07) is 1.69. The van der Waals surface area contributed by atoms with Crippen molar-refractivity contribution in [3.8, 4) is 0 Å². The van der Waals surface area contributed by atoms with Gasteiger partial charge in [-0.15, -0.1) is 0 Å². The van der Waals surface area contributed by atoms with Gasteiger partial charge in [0, 0.05) is 6.20 Å². The summed E-state index contributed by atoms with van der Waals surface area (Å²) in [5, 5.41) is 9.62. The minimum Gasteiger partial charge on any atom is -0.386 e. The molecule has 0 aromatic carbocycles. The molecule has 66 valence electrons. The van der Waals surface area contributed by atoms with Crippen LogP contribution in [-0.2, 0) is 0 Å². The lowest BCUT2D eigenvalue weighted by molar-refractivity contribution is 0.117. The first-order valence-electron chi connectivity index (χ1n) is 3.89. The normalized spacial score (nSPS) is 15.6. The lowest BCUT2D eigenvalue weighted by Gasteiger charge is -2.15. The van der Waals surface area contributed by atoms with Crippen LogP contribution in [0, 0.1) is 5.92 Å². The monoisotopic (exact) mass is 167 g/mol. The van der Waals surface area contributed by atoms with Gasteiger partial charge in [0.2, 0.25) is 0 Å². The highest BCUT2D eigenvalue weighted by molar-refractivity contribution is 5.02. The zero-order valence-corrected chi connectivity index (χ0v) is 7.01. The van der Waals surface area contributed by atoms with E-state index in [1.807, 2.05) is 6.92 Å². The molecule has 2 unspecified atom stereocenters. The van der Waals surface area contributed by atoms with E-state index in [1.165, 1.54) is 6.33 Å². The van der Waals surface area contributed by atoms with Crippen LogP contribution in [0.1, 0.15) is 18.7 Å². The summed E-state index contributed by atoms with van der Waals surface area (Å²) in [5.41, 5.74) is 6.03. The van der Waals surface area contributed by atoms with Crippen LogP contribution < -0.4 is 5.73 Å². The van der Waals surface area contributed by atoms with Gasteiger partial charge < -0.3 is 10.8 Å². The maximum absolute atomic E-state index is 9.62. The number of hydrogen-bond acceptors (Lipinski definition) is 4. The molecule has 1 rings (SSSR count). The van der Waals surface area contributed by atoms with E-state index in [0.717, 1.165) is 0 Å². The van der Waals surface area contributed by atoms with Gasteiger partial charge in [0.25, 0.3) is 0 Å². The Labute approximate surface area is 71.5 Å². The Morgan fingerprint density at radius 1 is 1.67 bits per heavy atom. The zero-order valence-electron chi connectivity index (χ0n) is 7.01. The van der Waals surface area contributed by atoms with Crippen LogP contribution >= 0.6 is 0 Å². The highest BCUT2D eigenvalue weighted by atomic mass is 16.3. The molecule has 1 aromatic heterocycles. The van der Waals surface area contributed by atoms with E-state index in [9.17, 15) is 5.11 Å². The third-order valence-corrected chi connectivity index (χ3v) is 1.82. The SMILES string of the molecule is CC(CN)C(O)c1ccncn1. The van der Waals surface area contributed by atoms with Crippen LogP contribution in [0.2, 0.25) is 0 Å². The fourth-order valence-corrected chi connectivity index (χ4v) is 0.896. The fourth-order valence-electron chi connectivity index (χ4n) is 0.896. The van der Waals surface area contributed by atoms with Crippen molar-refractivity contribution >= 4 is 0 Å².